The molecule has 1 unspecified atom stereocenters. The number of halogens is 1. The Labute approximate surface area is 116 Å². The Bertz CT molecular complexity index is 553. The Morgan fingerprint density at radius 1 is 1.33 bits per heavy atom. The minimum Gasteiger partial charge on any atom is -0.474 e. The average molecular weight is 285 g/mol. The number of hydrogen-bond acceptors (Lipinski definition) is 4. The third-order valence-electron chi connectivity index (χ3n) is 2.97. The second-order valence-electron chi connectivity index (χ2n) is 4.65. The number of nitrogens with zero attached hydrogens (tertiary/aromatic N) is 2. The highest BCUT2D eigenvalue weighted by Gasteiger charge is 2.15. The molecule has 0 spiro atoms. The highest BCUT2D eigenvalue weighted by Crippen LogP contribution is 2.32. The molecular weight excluding hydrogens is 268 g/mol. The van der Waals surface area contributed by atoms with Crippen LogP contribution in [0.3, 0.4) is 0 Å². The molecule has 2 rings (SSSR count). The van der Waals surface area contributed by atoms with Crippen molar-refractivity contribution in [2.24, 2.45) is 5.92 Å². The van der Waals surface area contributed by atoms with Crippen molar-refractivity contribution in [3.63, 3.8) is 0 Å². The quantitative estimate of drug-likeness (QED) is 0.784. The van der Waals surface area contributed by atoms with E-state index in [1.807, 2.05) is 6.92 Å². The lowest BCUT2D eigenvalue weighted by atomic mass is 10.1. The zero-order valence-electron chi connectivity index (χ0n) is 11.0. The van der Waals surface area contributed by atoms with Crippen molar-refractivity contribution < 1.29 is 4.74 Å². The van der Waals surface area contributed by atoms with Crippen LogP contribution in [0.4, 0.5) is 0 Å². The van der Waals surface area contributed by atoms with E-state index in [9.17, 15) is 0 Å². The number of thiophene rings is 1. The smallest absolute Gasteiger partial charge is 0.227 e. The van der Waals surface area contributed by atoms with Crippen molar-refractivity contribution in [2.45, 2.75) is 40.2 Å². The summed E-state index contributed by atoms with van der Waals surface area (Å²) in [6, 6.07) is 2.10. The number of rotatable bonds is 4. The van der Waals surface area contributed by atoms with Crippen LogP contribution in [0.5, 0.6) is 5.88 Å². The van der Waals surface area contributed by atoms with Gasteiger partial charge in [-0.2, -0.15) is 4.98 Å². The maximum atomic E-state index is 5.94. The Morgan fingerprint density at radius 3 is 2.67 bits per heavy atom. The molecule has 0 amide bonds. The summed E-state index contributed by atoms with van der Waals surface area (Å²) in [7, 11) is 0. The minimum atomic E-state index is 0.101. The molecule has 5 heteroatoms. The average Bonchev–Trinajstić information content (AvgIpc) is 2.71. The fraction of sp³-hybridized carbons (Fsp3) is 0.538. The molecular formula is C13H17ClN2OS. The summed E-state index contributed by atoms with van der Waals surface area (Å²) in [6.45, 7) is 8.40. The van der Waals surface area contributed by atoms with Crippen LogP contribution in [0, 0.1) is 5.92 Å². The molecule has 0 N–H and O–H groups in total. The monoisotopic (exact) mass is 284 g/mol. The van der Waals surface area contributed by atoms with Gasteiger partial charge < -0.3 is 4.74 Å². The van der Waals surface area contributed by atoms with E-state index in [0.29, 0.717) is 11.8 Å². The molecule has 0 aliphatic carbocycles. The van der Waals surface area contributed by atoms with Gasteiger partial charge in [-0.05, 0) is 36.9 Å². The second kappa shape index (κ2) is 5.41. The van der Waals surface area contributed by atoms with Crippen LogP contribution in [-0.4, -0.2) is 16.1 Å². The first kappa shape index (κ1) is 13.6. The standard InChI is InChI=1S/C13H17ClN2OS/c1-5-9-6-10-11(17-8(4)7(2)3)15-13(14)16-12(10)18-9/h6-8H,5H2,1-4H3. The Hall–Kier alpha value is -0.870. The van der Waals surface area contributed by atoms with Crippen LogP contribution >= 0.6 is 22.9 Å². The maximum Gasteiger partial charge on any atom is 0.227 e. The lowest BCUT2D eigenvalue weighted by Crippen LogP contribution is -2.19. The summed E-state index contributed by atoms with van der Waals surface area (Å²) < 4.78 is 5.90. The first-order chi connectivity index (χ1) is 8.51. The molecule has 0 bridgehead atoms. The summed E-state index contributed by atoms with van der Waals surface area (Å²) >= 11 is 7.59. The molecule has 0 aliphatic rings. The van der Waals surface area contributed by atoms with E-state index in [1.165, 1.54) is 4.88 Å². The fourth-order valence-corrected chi connectivity index (χ4v) is 2.67. The number of hydrogen-bond donors (Lipinski definition) is 0. The fourth-order valence-electron chi connectivity index (χ4n) is 1.50. The molecule has 0 radical (unpaired) electrons. The van der Waals surface area contributed by atoms with Crippen molar-refractivity contribution in [3.05, 3.63) is 16.2 Å². The number of aromatic nitrogens is 2. The van der Waals surface area contributed by atoms with Crippen LogP contribution in [-0.2, 0) is 6.42 Å². The van der Waals surface area contributed by atoms with Gasteiger partial charge in [0.2, 0.25) is 11.2 Å². The summed E-state index contributed by atoms with van der Waals surface area (Å²) in [6.07, 6.45) is 1.09. The zero-order valence-corrected chi connectivity index (χ0v) is 12.6. The van der Waals surface area contributed by atoms with Crippen LogP contribution in [0.25, 0.3) is 10.2 Å². The molecule has 0 fully saturated rings. The highest BCUT2D eigenvalue weighted by molar-refractivity contribution is 7.18. The van der Waals surface area contributed by atoms with Crippen molar-refractivity contribution in [2.75, 3.05) is 0 Å². The number of ether oxygens (including phenoxy) is 1. The van der Waals surface area contributed by atoms with Gasteiger partial charge in [-0.15, -0.1) is 11.3 Å². The van der Waals surface area contributed by atoms with E-state index < -0.39 is 0 Å². The first-order valence-corrected chi connectivity index (χ1v) is 7.33. The first-order valence-electron chi connectivity index (χ1n) is 6.13. The second-order valence-corrected chi connectivity index (χ2v) is 6.10. The van der Waals surface area contributed by atoms with Gasteiger partial charge in [0, 0.05) is 4.88 Å². The molecule has 2 aromatic heterocycles. The Balaban J connectivity index is 2.44. The minimum absolute atomic E-state index is 0.101. The maximum absolute atomic E-state index is 5.94. The molecule has 2 aromatic rings. The molecule has 2 heterocycles. The van der Waals surface area contributed by atoms with Gasteiger partial charge in [0.1, 0.15) is 4.83 Å². The van der Waals surface area contributed by atoms with Crippen molar-refractivity contribution in [1.29, 1.82) is 0 Å². The zero-order chi connectivity index (χ0) is 13.3. The SMILES string of the molecule is CCc1cc2c(OC(C)C(C)C)nc(Cl)nc2s1. The lowest BCUT2D eigenvalue weighted by molar-refractivity contribution is 0.166. The van der Waals surface area contributed by atoms with Crippen LogP contribution < -0.4 is 4.74 Å². The van der Waals surface area contributed by atoms with Crippen LogP contribution in [0.15, 0.2) is 6.07 Å². The summed E-state index contributed by atoms with van der Waals surface area (Å²) in [5, 5.41) is 1.21. The van der Waals surface area contributed by atoms with Gasteiger partial charge in [0.25, 0.3) is 0 Å². The van der Waals surface area contributed by atoms with E-state index in [0.717, 1.165) is 16.6 Å². The van der Waals surface area contributed by atoms with Crippen LogP contribution in [0.2, 0.25) is 5.28 Å². The largest absolute Gasteiger partial charge is 0.474 e. The van der Waals surface area contributed by atoms with Gasteiger partial charge >= 0.3 is 0 Å². The predicted molar refractivity (Wildman–Crippen MR) is 76.7 cm³/mol. The highest BCUT2D eigenvalue weighted by atomic mass is 35.5. The van der Waals surface area contributed by atoms with E-state index in [4.69, 9.17) is 16.3 Å². The molecule has 0 aromatic carbocycles. The topological polar surface area (TPSA) is 35.0 Å². The van der Waals surface area contributed by atoms with Gasteiger partial charge in [-0.1, -0.05) is 20.8 Å². The summed E-state index contributed by atoms with van der Waals surface area (Å²) in [4.78, 5) is 10.6. The Morgan fingerprint density at radius 2 is 2.06 bits per heavy atom. The lowest BCUT2D eigenvalue weighted by Gasteiger charge is -2.17. The van der Waals surface area contributed by atoms with E-state index in [2.05, 4.69) is 36.8 Å². The van der Waals surface area contributed by atoms with Crippen LogP contribution in [0.1, 0.15) is 32.6 Å². The molecule has 3 nitrogen and oxygen atoms in total. The predicted octanol–water partition coefficient (Wildman–Crippen LogP) is 4.33. The number of aryl methyl sites for hydroxylation is 1. The molecule has 98 valence electrons. The van der Waals surface area contributed by atoms with Gasteiger partial charge in [-0.3, -0.25) is 0 Å². The third kappa shape index (κ3) is 2.75. The van der Waals surface area contributed by atoms with E-state index in [1.54, 1.807) is 11.3 Å². The third-order valence-corrected chi connectivity index (χ3v) is 4.31. The Kier molecular flexibility index (Phi) is 4.07. The molecule has 0 saturated carbocycles. The summed E-state index contributed by atoms with van der Waals surface area (Å²) in [5.74, 6) is 1.03. The molecule has 18 heavy (non-hydrogen) atoms. The molecule has 0 aliphatic heterocycles. The van der Waals surface area contributed by atoms with E-state index in [-0.39, 0.29) is 11.4 Å². The van der Waals surface area contributed by atoms with Gasteiger partial charge in [0.05, 0.1) is 11.5 Å². The van der Waals surface area contributed by atoms with Gasteiger partial charge in [0.15, 0.2) is 0 Å². The normalized spacial score (nSPS) is 13.2. The molecule has 1 atom stereocenters. The number of fused-ring (bicyclic) bond motifs is 1. The van der Waals surface area contributed by atoms with E-state index >= 15 is 0 Å². The van der Waals surface area contributed by atoms with Crippen molar-refractivity contribution in [1.82, 2.24) is 9.97 Å². The summed E-state index contributed by atoms with van der Waals surface area (Å²) in [5.41, 5.74) is 0. The molecule has 0 saturated heterocycles. The van der Waals surface area contributed by atoms with Gasteiger partial charge in [-0.25, -0.2) is 4.98 Å². The van der Waals surface area contributed by atoms with Crippen molar-refractivity contribution >= 4 is 33.2 Å². The van der Waals surface area contributed by atoms with Crippen molar-refractivity contribution in [3.8, 4) is 5.88 Å².